The first kappa shape index (κ1) is 45.7. The van der Waals surface area contributed by atoms with Crippen molar-refractivity contribution >= 4 is 35.1 Å². The van der Waals surface area contributed by atoms with Crippen molar-refractivity contribution in [1.82, 2.24) is 9.91 Å². The summed E-state index contributed by atoms with van der Waals surface area (Å²) < 4.78 is 23.8. The van der Waals surface area contributed by atoms with Gasteiger partial charge in [-0.1, -0.05) is 45.9 Å². The van der Waals surface area contributed by atoms with Crippen molar-refractivity contribution in [1.29, 1.82) is 0 Å². The number of hydrogen-bond donors (Lipinski definition) is 5. The summed E-state index contributed by atoms with van der Waals surface area (Å²) in [5.41, 5.74) is -1.52. The van der Waals surface area contributed by atoms with E-state index in [1.54, 1.807) is 44.9 Å². The zero-order valence-electron chi connectivity index (χ0n) is 35.8. The molecule has 1 aromatic rings. The number of phenolic OH excluding ortho intramolecular Hbond substituents is 2. The molecule has 4 aliphatic heterocycles. The normalized spacial score (nSPS) is 32.9. The molecule has 4 heterocycles. The number of hydrazone groups is 1. The van der Waals surface area contributed by atoms with Crippen LogP contribution in [-0.2, 0) is 28.5 Å². The summed E-state index contributed by atoms with van der Waals surface area (Å²) in [6.07, 6.45) is 4.76. The Morgan fingerprint density at radius 3 is 2.27 bits per heavy atom. The molecule has 9 atom stereocenters. The number of aliphatic hydroxyl groups is 2. The number of allylic oxidation sites excluding steroid dienone is 4. The molecule has 326 valence electrons. The number of nitrogens with zero attached hydrogens (tertiary/aromatic N) is 4. The fraction of sp³-hybridized carbons (Fsp3) is 0.535. The van der Waals surface area contributed by atoms with Crippen LogP contribution < -0.4 is 5.32 Å². The zero-order chi connectivity index (χ0) is 44.4. The van der Waals surface area contributed by atoms with E-state index in [2.05, 4.69) is 20.5 Å². The second kappa shape index (κ2) is 18.5. The fourth-order valence-corrected chi connectivity index (χ4v) is 8.05. The highest BCUT2D eigenvalue weighted by molar-refractivity contribution is 6.22. The predicted octanol–water partition coefficient (Wildman–Crippen LogP) is 4.57. The minimum absolute atomic E-state index is 0.0433. The van der Waals surface area contributed by atoms with Crippen LogP contribution >= 0.6 is 0 Å². The molecule has 0 aromatic heterocycles. The average molecular weight is 836 g/mol. The van der Waals surface area contributed by atoms with Crippen molar-refractivity contribution in [3.8, 4) is 11.5 Å². The molecule has 5 N–H and O–H groups in total. The Labute approximate surface area is 349 Å². The number of piperazine rings is 1. The summed E-state index contributed by atoms with van der Waals surface area (Å²) in [6, 6.07) is 0. The average Bonchev–Trinajstić information content (AvgIpc) is 3.51. The third-order valence-corrected chi connectivity index (χ3v) is 12.0. The molecule has 1 aliphatic carbocycles. The highest BCUT2D eigenvalue weighted by atomic mass is 16.7. The molecule has 1 fully saturated rings. The van der Waals surface area contributed by atoms with Gasteiger partial charge in [0.15, 0.2) is 17.2 Å². The molecule has 60 heavy (non-hydrogen) atoms. The number of anilines is 1. The molecule has 1 saturated heterocycles. The molecule has 1 aromatic carbocycles. The third kappa shape index (κ3) is 8.89. The molecule has 17 heteroatoms. The van der Waals surface area contributed by atoms with Gasteiger partial charge < -0.3 is 49.6 Å². The molecular formula is C43H57N5O12. The lowest BCUT2D eigenvalue weighted by atomic mass is 9.78. The number of carbonyl (C=O) groups is 3. The lowest BCUT2D eigenvalue weighted by molar-refractivity contribution is -0.160. The molecule has 0 unspecified atom stereocenters. The second-order valence-corrected chi connectivity index (χ2v) is 16.2. The third-order valence-electron chi connectivity index (χ3n) is 12.0. The van der Waals surface area contributed by atoms with Gasteiger partial charge in [0.2, 0.25) is 0 Å². The van der Waals surface area contributed by atoms with Gasteiger partial charge in [0.1, 0.15) is 17.6 Å². The van der Waals surface area contributed by atoms with E-state index in [0.717, 1.165) is 0 Å². The van der Waals surface area contributed by atoms with Crippen LogP contribution in [0.15, 0.2) is 63.4 Å². The minimum atomic E-state index is -1.99. The van der Waals surface area contributed by atoms with Gasteiger partial charge in [0.25, 0.3) is 11.7 Å². The molecule has 5 bridgehead atoms. The van der Waals surface area contributed by atoms with Crippen LogP contribution in [0, 0.1) is 28.6 Å². The second-order valence-electron chi connectivity index (χ2n) is 16.2. The van der Waals surface area contributed by atoms with Crippen molar-refractivity contribution in [2.24, 2.45) is 33.9 Å². The van der Waals surface area contributed by atoms with Crippen LogP contribution in [0.2, 0.25) is 0 Å². The largest absolute Gasteiger partial charge is 0.507 e. The zero-order valence-corrected chi connectivity index (χ0v) is 35.8. The number of nitroso groups, excluding NO2 is 1. The van der Waals surface area contributed by atoms with E-state index in [-0.39, 0.29) is 45.0 Å². The maximum Gasteiger partial charge on any atom is 0.302 e. The quantitative estimate of drug-likeness (QED) is 0.0900. The number of Topliss-reactive ketones (excluding diaryl/α,β-unsaturated/α-hetero) is 1. The van der Waals surface area contributed by atoms with Gasteiger partial charge in [0, 0.05) is 87.5 Å². The SMILES string of the molecule is CO[C@H]1/C=C/O[C@@]2(C)OC3=C(C)C(=O)c4c(O)c(c(/C=N/N5CCN(C)CC5)c(O)c4C3=C2N=O)NC(=O)/C(C)=C\C=C\[C@@H](C)[C@H](O)[C@@H](C)[C@H](O)[C@@H](C)[C@H](OC(C)=O)[C@@H]1C. The van der Waals surface area contributed by atoms with E-state index >= 15 is 0 Å². The number of phenols is 2. The summed E-state index contributed by atoms with van der Waals surface area (Å²) in [4.78, 5) is 55.2. The highest BCUT2D eigenvalue weighted by Gasteiger charge is 2.51. The first-order valence-corrected chi connectivity index (χ1v) is 20.0. The van der Waals surface area contributed by atoms with Crippen molar-refractivity contribution in [3.05, 3.63) is 74.8 Å². The summed E-state index contributed by atoms with van der Waals surface area (Å²) in [5.74, 6) is -7.98. The summed E-state index contributed by atoms with van der Waals surface area (Å²) in [7, 11) is 3.41. The minimum Gasteiger partial charge on any atom is -0.507 e. The van der Waals surface area contributed by atoms with E-state index in [4.69, 9.17) is 18.9 Å². The number of likely N-dealkylation sites (N-methyl/N-ethyl adjacent to an activating group) is 1. The number of fused-ring (bicyclic) bond motifs is 14. The number of aromatic hydroxyl groups is 2. The number of methoxy groups -OCH3 is 1. The molecular weight excluding hydrogens is 778 g/mol. The van der Waals surface area contributed by atoms with Crippen LogP contribution in [0.25, 0.3) is 5.57 Å². The number of esters is 1. The standard InChI is InChI=1S/C43H57N5O12/c1-21-12-11-13-22(2)42(55)45-33-28(20-44-48-17-15-47(9)16-18-48)37(53)30-31(38(33)54)36(52)26(6)40-32(30)41(46-56)43(8,60-40)58-19-14-29(57-10)23(3)39(59-27(7)49)25(5)35(51)24(4)34(21)50/h11-14,19-21,23-25,29,34-35,39,50-51,53-54H,15-18H2,1-10H3,(H,45,55)/b12-11+,19-14+,22-13-,44-20+/t21-,23-,24-,25-,29+,34+,35+,39-,43+/m1/s1. The van der Waals surface area contributed by atoms with Crippen LogP contribution in [0.3, 0.4) is 0 Å². The van der Waals surface area contributed by atoms with E-state index in [1.807, 2.05) is 7.05 Å². The number of amides is 1. The first-order chi connectivity index (χ1) is 28.3. The molecule has 0 saturated carbocycles. The lowest BCUT2D eigenvalue weighted by Crippen LogP contribution is -2.46. The van der Waals surface area contributed by atoms with Gasteiger partial charge in [-0.25, -0.2) is 0 Å². The number of ether oxygens (including phenoxy) is 4. The Hall–Kier alpha value is -5.36. The van der Waals surface area contributed by atoms with E-state index in [9.17, 15) is 39.7 Å². The van der Waals surface area contributed by atoms with Crippen molar-refractivity contribution in [3.63, 3.8) is 0 Å². The van der Waals surface area contributed by atoms with Crippen LogP contribution in [0.4, 0.5) is 5.69 Å². The topological polar surface area (TPSA) is 229 Å². The number of benzene rings is 1. The van der Waals surface area contributed by atoms with E-state index in [0.29, 0.717) is 26.2 Å². The van der Waals surface area contributed by atoms with Crippen molar-refractivity contribution < 1.29 is 53.8 Å². The van der Waals surface area contributed by atoms with Gasteiger partial charge in [0.05, 0.1) is 53.2 Å². The first-order valence-electron chi connectivity index (χ1n) is 20.0. The maximum atomic E-state index is 14.1. The van der Waals surface area contributed by atoms with Gasteiger partial charge in [-0.05, 0) is 32.1 Å². The van der Waals surface area contributed by atoms with Crippen LogP contribution in [-0.4, -0.2) is 125 Å². The number of carbonyl (C=O) groups excluding carboxylic acids is 3. The van der Waals surface area contributed by atoms with E-state index < -0.39 is 88.6 Å². The number of aliphatic hydroxyl groups excluding tert-OH is 2. The van der Waals surface area contributed by atoms with Gasteiger partial charge in [-0.2, -0.15) is 5.10 Å². The molecule has 1 amide bonds. The smallest absolute Gasteiger partial charge is 0.302 e. The van der Waals surface area contributed by atoms with Gasteiger partial charge in [-0.3, -0.25) is 19.4 Å². The number of hydrogen-bond acceptors (Lipinski definition) is 16. The predicted molar refractivity (Wildman–Crippen MR) is 222 cm³/mol. The monoisotopic (exact) mass is 835 g/mol. The Balaban J connectivity index is 1.73. The van der Waals surface area contributed by atoms with Crippen LogP contribution in [0.5, 0.6) is 11.5 Å². The Kier molecular flexibility index (Phi) is 14.1. The lowest BCUT2D eigenvalue weighted by Gasteiger charge is -2.38. The molecule has 5 aliphatic rings. The Morgan fingerprint density at radius 2 is 1.65 bits per heavy atom. The van der Waals surface area contributed by atoms with E-state index in [1.165, 1.54) is 59.4 Å². The highest BCUT2D eigenvalue weighted by Crippen LogP contribution is 2.56. The summed E-state index contributed by atoms with van der Waals surface area (Å²) >= 11 is 0. The molecule has 0 radical (unpaired) electrons. The Morgan fingerprint density at radius 1 is 0.983 bits per heavy atom. The molecule has 6 rings (SSSR count). The fourth-order valence-electron chi connectivity index (χ4n) is 8.05. The Bertz CT molecular complexity index is 2070. The number of ketones is 1. The number of nitrogens with one attached hydrogen (secondary N) is 1. The molecule has 17 nitrogen and oxygen atoms in total. The summed E-state index contributed by atoms with van der Waals surface area (Å²) in [5, 5.41) is 59.2. The molecule has 0 spiro atoms. The van der Waals surface area contributed by atoms with Gasteiger partial charge >= 0.3 is 5.97 Å². The number of rotatable bonds is 5. The maximum absolute atomic E-state index is 14.1. The van der Waals surface area contributed by atoms with Crippen LogP contribution in [0.1, 0.15) is 76.9 Å². The van der Waals surface area contributed by atoms with Crippen molar-refractivity contribution in [2.75, 3.05) is 45.7 Å². The van der Waals surface area contributed by atoms with Gasteiger partial charge in [-0.15, -0.1) is 4.91 Å². The van der Waals surface area contributed by atoms with Crippen molar-refractivity contribution in [2.45, 2.75) is 85.6 Å². The summed E-state index contributed by atoms with van der Waals surface area (Å²) in [6.45, 7) is 15.0.